The molecule has 0 amide bonds. The summed E-state index contributed by atoms with van der Waals surface area (Å²) in [4.78, 5) is 4.82. The van der Waals surface area contributed by atoms with Crippen LogP contribution in [0.5, 0.6) is 0 Å². The van der Waals surface area contributed by atoms with E-state index in [4.69, 9.17) is 4.42 Å². The van der Waals surface area contributed by atoms with E-state index in [2.05, 4.69) is 35.3 Å². The van der Waals surface area contributed by atoms with Crippen LogP contribution in [0.4, 0.5) is 0 Å². The van der Waals surface area contributed by atoms with E-state index in [0.29, 0.717) is 0 Å². The van der Waals surface area contributed by atoms with Gasteiger partial charge in [-0.2, -0.15) is 0 Å². The number of nitrogens with one attached hydrogen (secondary N) is 1. The lowest BCUT2D eigenvalue weighted by molar-refractivity contribution is 0.168. The van der Waals surface area contributed by atoms with Gasteiger partial charge in [-0.1, -0.05) is 0 Å². The Balaban J connectivity index is 1.80. The van der Waals surface area contributed by atoms with Gasteiger partial charge in [0.2, 0.25) is 0 Å². The molecule has 1 N–H and O–H groups in total. The molecule has 1 aromatic heterocycles. The highest BCUT2D eigenvalue weighted by molar-refractivity contribution is 5.16. The third-order valence-corrected chi connectivity index (χ3v) is 4.03. The molecule has 1 aliphatic rings. The Morgan fingerprint density at radius 1 is 1.42 bits per heavy atom. The Bertz CT molecular complexity index is 369. The van der Waals surface area contributed by atoms with E-state index in [0.717, 1.165) is 24.8 Å². The van der Waals surface area contributed by atoms with Crippen LogP contribution in [0.15, 0.2) is 16.7 Å². The largest absolute Gasteiger partial charge is 0.468 e. The van der Waals surface area contributed by atoms with Crippen molar-refractivity contribution in [2.75, 3.05) is 40.8 Å². The molecule has 0 saturated carbocycles. The van der Waals surface area contributed by atoms with Gasteiger partial charge in [0, 0.05) is 18.7 Å². The number of rotatable bonds is 6. The zero-order valence-corrected chi connectivity index (χ0v) is 12.5. The first-order chi connectivity index (χ1) is 9.19. The molecule has 4 nitrogen and oxygen atoms in total. The molecular formula is C15H27N3O. The second-order valence-electron chi connectivity index (χ2n) is 5.84. The summed E-state index contributed by atoms with van der Waals surface area (Å²) in [6.07, 6.45) is 4.44. The molecule has 0 unspecified atom stereocenters. The summed E-state index contributed by atoms with van der Waals surface area (Å²) >= 11 is 0. The van der Waals surface area contributed by atoms with E-state index in [1.54, 1.807) is 6.26 Å². The number of piperidine rings is 1. The molecule has 1 saturated heterocycles. The minimum absolute atomic E-state index is 0.837. The Morgan fingerprint density at radius 2 is 2.16 bits per heavy atom. The quantitative estimate of drug-likeness (QED) is 0.849. The predicted octanol–water partition coefficient (Wildman–Crippen LogP) is 1.77. The van der Waals surface area contributed by atoms with Crippen molar-refractivity contribution in [3.8, 4) is 0 Å². The Morgan fingerprint density at radius 3 is 2.84 bits per heavy atom. The van der Waals surface area contributed by atoms with Crippen molar-refractivity contribution in [3.05, 3.63) is 23.7 Å². The van der Waals surface area contributed by atoms with Crippen molar-refractivity contribution in [2.24, 2.45) is 5.92 Å². The molecule has 0 radical (unpaired) electrons. The standard InChI is InChI=1S/C15H27N3O/c1-16-10-14-6-9-19-15(14)12-18(3)11-13-4-7-17(2)8-5-13/h6,9,13,16H,4-5,7-8,10-12H2,1-3H3. The summed E-state index contributed by atoms with van der Waals surface area (Å²) in [7, 11) is 6.38. The van der Waals surface area contributed by atoms with Crippen LogP contribution in [0.3, 0.4) is 0 Å². The monoisotopic (exact) mass is 265 g/mol. The molecule has 0 atom stereocenters. The van der Waals surface area contributed by atoms with Gasteiger partial charge in [0.1, 0.15) is 5.76 Å². The second-order valence-corrected chi connectivity index (χ2v) is 5.84. The lowest BCUT2D eigenvalue weighted by Gasteiger charge is -2.31. The smallest absolute Gasteiger partial charge is 0.122 e. The van der Waals surface area contributed by atoms with Crippen LogP contribution in [0.2, 0.25) is 0 Å². The fourth-order valence-electron chi connectivity index (χ4n) is 2.85. The number of hydrogen-bond acceptors (Lipinski definition) is 4. The van der Waals surface area contributed by atoms with E-state index >= 15 is 0 Å². The highest BCUT2D eigenvalue weighted by atomic mass is 16.3. The molecule has 1 aliphatic heterocycles. The Kier molecular flexibility index (Phi) is 5.43. The molecule has 1 fully saturated rings. The van der Waals surface area contributed by atoms with Gasteiger partial charge in [-0.05, 0) is 59.1 Å². The summed E-state index contributed by atoms with van der Waals surface area (Å²) in [6.45, 7) is 5.45. The van der Waals surface area contributed by atoms with Crippen molar-refractivity contribution in [1.82, 2.24) is 15.1 Å². The normalized spacial score (nSPS) is 18.3. The van der Waals surface area contributed by atoms with E-state index in [-0.39, 0.29) is 0 Å². The second kappa shape index (κ2) is 7.08. The maximum atomic E-state index is 5.60. The van der Waals surface area contributed by atoms with E-state index < -0.39 is 0 Å². The van der Waals surface area contributed by atoms with Gasteiger partial charge in [0.25, 0.3) is 0 Å². The molecule has 0 bridgehead atoms. The first-order valence-corrected chi connectivity index (χ1v) is 7.26. The molecular weight excluding hydrogens is 238 g/mol. The first-order valence-electron chi connectivity index (χ1n) is 7.26. The molecule has 2 rings (SSSR count). The summed E-state index contributed by atoms with van der Waals surface area (Å²) < 4.78 is 5.60. The van der Waals surface area contributed by atoms with Crippen LogP contribution >= 0.6 is 0 Å². The topological polar surface area (TPSA) is 31.7 Å². The van der Waals surface area contributed by atoms with Crippen molar-refractivity contribution in [3.63, 3.8) is 0 Å². The van der Waals surface area contributed by atoms with Gasteiger partial charge in [-0.25, -0.2) is 0 Å². The maximum absolute atomic E-state index is 5.60. The van der Waals surface area contributed by atoms with Gasteiger partial charge in [0.05, 0.1) is 12.8 Å². The van der Waals surface area contributed by atoms with Crippen LogP contribution in [-0.2, 0) is 13.1 Å². The van der Waals surface area contributed by atoms with Crippen LogP contribution in [-0.4, -0.2) is 50.6 Å². The van der Waals surface area contributed by atoms with Crippen molar-refractivity contribution in [2.45, 2.75) is 25.9 Å². The molecule has 4 heteroatoms. The molecule has 108 valence electrons. The Labute approximate surface area is 116 Å². The first kappa shape index (κ1) is 14.6. The fourth-order valence-corrected chi connectivity index (χ4v) is 2.85. The van der Waals surface area contributed by atoms with Gasteiger partial charge < -0.3 is 14.6 Å². The predicted molar refractivity (Wildman–Crippen MR) is 78.0 cm³/mol. The molecule has 0 aliphatic carbocycles. The van der Waals surface area contributed by atoms with Gasteiger partial charge in [0.15, 0.2) is 0 Å². The van der Waals surface area contributed by atoms with Crippen molar-refractivity contribution < 1.29 is 4.42 Å². The van der Waals surface area contributed by atoms with Gasteiger partial charge in [-0.15, -0.1) is 0 Å². The van der Waals surface area contributed by atoms with Crippen LogP contribution in [0.1, 0.15) is 24.2 Å². The van der Waals surface area contributed by atoms with Gasteiger partial charge in [-0.3, -0.25) is 4.90 Å². The third-order valence-electron chi connectivity index (χ3n) is 4.03. The summed E-state index contributed by atoms with van der Waals surface area (Å²) in [5, 5.41) is 3.19. The number of likely N-dealkylation sites (tertiary alicyclic amines) is 1. The molecule has 0 spiro atoms. The minimum atomic E-state index is 0.837. The number of nitrogens with zero attached hydrogens (tertiary/aromatic N) is 2. The number of hydrogen-bond donors (Lipinski definition) is 1. The lowest BCUT2D eigenvalue weighted by atomic mass is 9.96. The zero-order valence-electron chi connectivity index (χ0n) is 12.5. The molecule has 19 heavy (non-hydrogen) atoms. The van der Waals surface area contributed by atoms with Crippen LogP contribution in [0, 0.1) is 5.92 Å². The Hall–Kier alpha value is -0.840. The average molecular weight is 265 g/mol. The highest BCUT2D eigenvalue weighted by Crippen LogP contribution is 2.19. The minimum Gasteiger partial charge on any atom is -0.468 e. The fraction of sp³-hybridized carbons (Fsp3) is 0.733. The summed E-state index contributed by atoms with van der Waals surface area (Å²) in [5.74, 6) is 1.94. The average Bonchev–Trinajstić information content (AvgIpc) is 2.80. The third kappa shape index (κ3) is 4.34. The van der Waals surface area contributed by atoms with Crippen molar-refractivity contribution in [1.29, 1.82) is 0 Å². The highest BCUT2D eigenvalue weighted by Gasteiger charge is 2.19. The van der Waals surface area contributed by atoms with Crippen LogP contribution in [0.25, 0.3) is 0 Å². The van der Waals surface area contributed by atoms with Crippen LogP contribution < -0.4 is 5.32 Å². The SMILES string of the molecule is CNCc1ccoc1CN(C)CC1CCN(C)CC1. The molecule has 2 heterocycles. The van der Waals surface area contributed by atoms with Crippen molar-refractivity contribution >= 4 is 0 Å². The molecule has 1 aromatic rings. The van der Waals surface area contributed by atoms with E-state index in [1.807, 2.05) is 7.05 Å². The maximum Gasteiger partial charge on any atom is 0.122 e. The van der Waals surface area contributed by atoms with E-state index in [9.17, 15) is 0 Å². The van der Waals surface area contributed by atoms with Gasteiger partial charge >= 0.3 is 0 Å². The summed E-state index contributed by atoms with van der Waals surface area (Å²) in [5.41, 5.74) is 1.28. The summed E-state index contributed by atoms with van der Waals surface area (Å²) in [6, 6.07) is 2.06. The lowest BCUT2D eigenvalue weighted by Crippen LogP contribution is -2.35. The number of furan rings is 1. The van der Waals surface area contributed by atoms with E-state index in [1.165, 1.54) is 38.0 Å². The zero-order chi connectivity index (χ0) is 13.7. The molecule has 0 aromatic carbocycles.